The minimum Gasteiger partial charge on any atom is -0.822 e. The summed E-state index contributed by atoms with van der Waals surface area (Å²) in [6, 6.07) is 0. The molecule has 0 N–H and O–H groups in total. The van der Waals surface area contributed by atoms with Crippen molar-refractivity contribution in [3.05, 3.63) is 0 Å². The Morgan fingerprint density at radius 2 is 0.515 bits per heavy atom. The van der Waals surface area contributed by atoms with Crippen molar-refractivity contribution in [2.24, 2.45) is 0 Å². The zero-order valence-electron chi connectivity index (χ0n) is 17.0. The quantitative estimate of drug-likeness (QED) is 0.109. The molecule has 0 atom stereocenters. The summed E-state index contributed by atoms with van der Waals surface area (Å²) in [7, 11) is -27.3. The van der Waals surface area contributed by atoms with E-state index in [1.807, 2.05) is 0 Å². The fraction of sp³-hybridized carbons (Fsp3) is 0. The van der Waals surface area contributed by atoms with Crippen molar-refractivity contribution in [3.63, 3.8) is 0 Å². The Balaban J connectivity index is -0.0000000139. The van der Waals surface area contributed by atoms with Crippen molar-refractivity contribution in [1.82, 2.24) is 0 Å². The SMILES string of the molecule is O=P([O-])([O-])OP(=O)([O-])[O-].O=P([O-])([O-])[O-].O=P([O-])([O-])[O-].O=S(=O)([O-])[O-].[Fe+2].[Fe+2].[Fe+2].[Na+].[Na+].[Na+].[Na+].[Na+].[Na+]. The van der Waals surface area contributed by atoms with Gasteiger partial charge in [0.05, 0.1) is 15.6 Å². The molecule has 170 valence electrons. The van der Waals surface area contributed by atoms with Gasteiger partial charge < -0.3 is 80.6 Å². The Hall–Kier alpha value is 7.91. The van der Waals surface area contributed by atoms with Crippen LogP contribution in [-0.2, 0) is 84.2 Å². The largest absolute Gasteiger partial charge is 2.00 e. The Bertz CT molecular complexity index is 569. The molecule has 0 fully saturated rings. The smallest absolute Gasteiger partial charge is 0.822 e. The molecule has 0 aromatic rings. The molecule has 0 aromatic heterocycles. The van der Waals surface area contributed by atoms with E-state index in [1.54, 1.807) is 0 Å². The molecule has 0 rings (SSSR count). The van der Waals surface area contributed by atoms with E-state index >= 15 is 0 Å². The third-order valence-corrected chi connectivity index (χ3v) is 1.80. The van der Waals surface area contributed by atoms with Crippen LogP contribution < -0.4 is 226 Å². The average molecular weight is 765 g/mol. The van der Waals surface area contributed by atoms with Gasteiger partial charge >= 0.3 is 229 Å². The molecule has 0 radical (unpaired) electrons. The minimum atomic E-state index is -5.68. The summed E-state index contributed by atoms with van der Waals surface area (Å²) in [4.78, 5) is 88.6. The molecule has 0 unspecified atom stereocenters. The van der Waals surface area contributed by atoms with Crippen LogP contribution in [0.5, 0.6) is 0 Å². The molecular formula is Fe3Na6O19P4S. The Labute approximate surface area is 352 Å². The van der Waals surface area contributed by atoms with Crippen LogP contribution in [0.3, 0.4) is 0 Å². The van der Waals surface area contributed by atoms with Crippen LogP contribution >= 0.6 is 31.3 Å². The molecule has 0 saturated carbocycles. The Kier molecular flexibility index (Phi) is 101. The predicted molar refractivity (Wildman–Crippen MR) is 42.0 cm³/mol. The third kappa shape index (κ3) is 296. The van der Waals surface area contributed by atoms with E-state index in [0.29, 0.717) is 0 Å². The second-order valence-electron chi connectivity index (χ2n) is 2.28. The van der Waals surface area contributed by atoms with E-state index in [1.165, 1.54) is 0 Å². The Morgan fingerprint density at radius 3 is 0.515 bits per heavy atom. The first kappa shape index (κ1) is 83.7. The normalized spacial score (nSPS) is 9.09. The number of hydrogen-bond acceptors (Lipinski definition) is 19. The molecule has 0 aliphatic rings. The summed E-state index contributed by atoms with van der Waals surface area (Å²) >= 11 is 0. The standard InChI is InChI=1S/3Fe.6Na.H4O7P2.2H3O4P.H2O4S/c;;;;;;;;;1-8(2,3)7-9(4,5)6;3*1-5(2,3)4/h;;;;;;;;;(H2,1,2,3)(H2,4,5,6);2*(H3,1,2,3,4);(H2,1,2,3,4)/q3*+2;6*+1;;;;/p-12. The van der Waals surface area contributed by atoms with Crippen LogP contribution in [0.1, 0.15) is 0 Å². The number of hydrogen-bond donors (Lipinski definition) is 0. The summed E-state index contributed by atoms with van der Waals surface area (Å²) in [5.41, 5.74) is 0. The van der Waals surface area contributed by atoms with Crippen molar-refractivity contribution in [2.75, 3.05) is 0 Å². The van der Waals surface area contributed by atoms with E-state index in [4.69, 9.17) is 56.0 Å². The maximum absolute atomic E-state index is 9.32. The first-order chi connectivity index (χ1) is 9.71. The van der Waals surface area contributed by atoms with Crippen molar-refractivity contribution < 1.29 is 318 Å². The maximum Gasteiger partial charge on any atom is 2.00 e. The van der Waals surface area contributed by atoms with Gasteiger partial charge in [0.25, 0.3) is 0 Å². The van der Waals surface area contributed by atoms with Crippen LogP contribution in [0.4, 0.5) is 0 Å². The van der Waals surface area contributed by atoms with Gasteiger partial charge in [-0.2, -0.15) is 15.6 Å². The van der Waals surface area contributed by atoms with Crippen molar-refractivity contribution in [3.8, 4) is 0 Å². The maximum atomic E-state index is 9.32. The van der Waals surface area contributed by atoms with Crippen LogP contribution in [0, 0.1) is 0 Å². The van der Waals surface area contributed by atoms with E-state index < -0.39 is 41.7 Å². The number of phosphoric acid groups is 4. The first-order valence-corrected chi connectivity index (χ1v) is 10.8. The number of rotatable bonds is 2. The molecule has 0 aliphatic carbocycles. The molecule has 0 aliphatic heterocycles. The molecule has 33 heavy (non-hydrogen) atoms. The zero-order valence-corrected chi connectivity index (χ0v) is 36.7. The van der Waals surface area contributed by atoms with Crippen LogP contribution in [0.15, 0.2) is 0 Å². The zero-order chi connectivity index (χ0) is 21.2. The minimum absolute atomic E-state index is 0. The first-order valence-electron chi connectivity index (χ1n) is 3.59. The molecule has 0 saturated heterocycles. The van der Waals surface area contributed by atoms with Gasteiger partial charge in [-0.15, -0.1) is 0 Å². The summed E-state index contributed by atoms with van der Waals surface area (Å²) in [5, 5.41) is 0. The molecule has 0 spiro atoms. The molecule has 0 aromatic carbocycles. The summed E-state index contributed by atoms with van der Waals surface area (Å²) in [6.07, 6.45) is 0. The van der Waals surface area contributed by atoms with Crippen molar-refractivity contribution in [2.45, 2.75) is 0 Å². The van der Waals surface area contributed by atoms with E-state index in [9.17, 15) is 28.7 Å². The van der Waals surface area contributed by atoms with Gasteiger partial charge in [0, 0.05) is 10.4 Å². The van der Waals surface area contributed by atoms with Gasteiger partial charge in [-0.1, -0.05) is 0 Å². The third-order valence-electron chi connectivity index (χ3n) is 0.200. The van der Waals surface area contributed by atoms with Crippen LogP contribution in [-0.4, -0.2) is 17.5 Å². The second kappa shape index (κ2) is 39.9. The molecule has 19 nitrogen and oxygen atoms in total. The van der Waals surface area contributed by atoms with Gasteiger partial charge in [-0.25, -0.2) is 0 Å². The molecule has 0 heterocycles. The monoisotopic (exact) mass is 766 g/mol. The fourth-order valence-electron chi connectivity index (χ4n) is 0.122. The fourth-order valence-corrected chi connectivity index (χ4v) is 1.10. The molecule has 33 heteroatoms. The summed E-state index contributed by atoms with van der Waals surface area (Å²) in [5.74, 6) is 0. The van der Waals surface area contributed by atoms with Crippen LogP contribution in [0.25, 0.3) is 0 Å². The van der Waals surface area contributed by atoms with Gasteiger partial charge in [0.2, 0.25) is 0 Å². The summed E-state index contributed by atoms with van der Waals surface area (Å²) in [6.45, 7) is 0. The second-order valence-corrected chi connectivity index (χ2v) is 7.33. The van der Waals surface area contributed by atoms with Gasteiger partial charge in [0.1, 0.15) is 0 Å². The van der Waals surface area contributed by atoms with Crippen LogP contribution in [0.2, 0.25) is 0 Å². The summed E-state index contributed by atoms with van der Waals surface area (Å²) < 4.78 is 72.3. The van der Waals surface area contributed by atoms with Gasteiger partial charge in [0.15, 0.2) is 0 Å². The van der Waals surface area contributed by atoms with Gasteiger partial charge in [-0.3, -0.25) is 8.42 Å². The molecule has 0 amide bonds. The van der Waals surface area contributed by atoms with Gasteiger partial charge in [-0.05, 0) is 0 Å². The van der Waals surface area contributed by atoms with Crippen molar-refractivity contribution >= 4 is 41.7 Å². The van der Waals surface area contributed by atoms with Crippen molar-refractivity contribution in [1.29, 1.82) is 0 Å². The molecule has 0 bridgehead atoms. The van der Waals surface area contributed by atoms with E-state index in [0.717, 1.165) is 0 Å². The topological polar surface area (TPSA) is 388 Å². The average Bonchev–Trinajstić information content (AvgIpc) is 1.80. The Morgan fingerprint density at radius 1 is 0.455 bits per heavy atom. The van der Waals surface area contributed by atoms with E-state index in [-0.39, 0.29) is 229 Å². The molecular weight excluding hydrogens is 765 g/mol. The van der Waals surface area contributed by atoms with E-state index in [2.05, 4.69) is 4.31 Å². The predicted octanol–water partition coefficient (Wildman–Crippen LogP) is -28.3.